The fourth-order valence-corrected chi connectivity index (χ4v) is 4.81. The molecule has 168 valence electrons. The minimum atomic E-state index is -0.0373. The summed E-state index contributed by atoms with van der Waals surface area (Å²) in [7, 11) is 3.16. The number of ether oxygens (including phenoxy) is 2. The molecule has 0 saturated carbocycles. The first-order valence-electron chi connectivity index (χ1n) is 10.9. The molecular formula is C30H16N4O2. The molecule has 36 heavy (non-hydrogen) atoms. The average Bonchev–Trinajstić information content (AvgIpc) is 2.92. The lowest BCUT2D eigenvalue weighted by atomic mass is 9.91. The van der Waals surface area contributed by atoms with Crippen molar-refractivity contribution in [1.82, 2.24) is 0 Å². The molecule has 0 aliphatic heterocycles. The summed E-state index contributed by atoms with van der Waals surface area (Å²) >= 11 is 0. The Morgan fingerprint density at radius 1 is 0.528 bits per heavy atom. The van der Waals surface area contributed by atoms with Gasteiger partial charge in [-0.2, -0.15) is 21.0 Å². The van der Waals surface area contributed by atoms with Gasteiger partial charge in [-0.1, -0.05) is 24.3 Å². The Kier molecular flexibility index (Phi) is 5.35. The van der Waals surface area contributed by atoms with Crippen LogP contribution in [0.2, 0.25) is 0 Å². The first-order valence-corrected chi connectivity index (χ1v) is 10.9. The zero-order valence-electron chi connectivity index (χ0n) is 19.4. The minimum Gasteiger partial charge on any atom is -0.493 e. The largest absolute Gasteiger partial charge is 0.493 e. The number of benzene rings is 5. The van der Waals surface area contributed by atoms with Crippen LogP contribution in [-0.2, 0) is 0 Å². The molecule has 0 amide bonds. The van der Waals surface area contributed by atoms with Crippen LogP contribution < -0.4 is 19.9 Å². The van der Waals surface area contributed by atoms with Crippen LogP contribution in [0.3, 0.4) is 0 Å². The fourth-order valence-electron chi connectivity index (χ4n) is 4.81. The van der Waals surface area contributed by atoms with Gasteiger partial charge in [-0.25, -0.2) is 0 Å². The van der Waals surface area contributed by atoms with E-state index >= 15 is 0 Å². The SMILES string of the molecule is COc1cc2cc3cc4c(=C(C#N)C#N)c5ccccc5c(=C(C#N)C#N)c4cc3cc2cc1OC. The van der Waals surface area contributed by atoms with E-state index in [2.05, 4.69) is 0 Å². The van der Waals surface area contributed by atoms with E-state index in [1.165, 1.54) is 0 Å². The number of nitriles is 4. The molecule has 0 aromatic heterocycles. The highest BCUT2D eigenvalue weighted by atomic mass is 16.5. The van der Waals surface area contributed by atoms with E-state index in [0.29, 0.717) is 43.5 Å². The van der Waals surface area contributed by atoms with Crippen LogP contribution in [0, 0.1) is 45.3 Å². The molecule has 0 radical (unpaired) electrons. The molecule has 0 saturated heterocycles. The van der Waals surface area contributed by atoms with Gasteiger partial charge in [0.05, 0.1) is 14.2 Å². The van der Waals surface area contributed by atoms with Crippen molar-refractivity contribution in [3.63, 3.8) is 0 Å². The monoisotopic (exact) mass is 464 g/mol. The second-order valence-corrected chi connectivity index (χ2v) is 8.14. The maximum absolute atomic E-state index is 9.79. The molecule has 5 aromatic carbocycles. The number of fused-ring (bicyclic) bond motifs is 4. The average molecular weight is 464 g/mol. The van der Waals surface area contributed by atoms with Gasteiger partial charge in [-0.15, -0.1) is 0 Å². The Bertz CT molecular complexity index is 1880. The van der Waals surface area contributed by atoms with Crippen LogP contribution in [0.15, 0.2) is 60.7 Å². The Morgan fingerprint density at radius 2 is 0.889 bits per heavy atom. The lowest BCUT2D eigenvalue weighted by molar-refractivity contribution is 0.356. The first-order chi connectivity index (χ1) is 17.6. The summed E-state index contributed by atoms with van der Waals surface area (Å²) in [4.78, 5) is 0. The summed E-state index contributed by atoms with van der Waals surface area (Å²) < 4.78 is 10.9. The number of rotatable bonds is 2. The second-order valence-electron chi connectivity index (χ2n) is 8.14. The van der Waals surface area contributed by atoms with E-state index in [1.807, 2.05) is 60.7 Å². The molecular weight excluding hydrogens is 448 g/mol. The summed E-state index contributed by atoms with van der Waals surface area (Å²) in [6.45, 7) is 0. The van der Waals surface area contributed by atoms with Crippen LogP contribution in [-0.4, -0.2) is 14.2 Å². The standard InChI is InChI=1S/C30H16N4O2/c1-35-27-11-19-7-17-9-25-26(10-18(17)8-20(19)12-28(27)36-2)30(22(15-33)16-34)24-6-4-3-5-23(24)29(25)21(13-31)14-32/h3-12H,1-2H3. The lowest BCUT2D eigenvalue weighted by Gasteiger charge is -2.12. The van der Waals surface area contributed by atoms with Gasteiger partial charge in [0.25, 0.3) is 0 Å². The number of nitrogens with zero attached hydrogens (tertiary/aromatic N) is 4. The van der Waals surface area contributed by atoms with Gasteiger partial charge in [-0.05, 0) is 79.5 Å². The molecule has 0 N–H and O–H groups in total. The van der Waals surface area contributed by atoms with E-state index in [9.17, 15) is 21.0 Å². The zero-order valence-corrected chi connectivity index (χ0v) is 19.4. The molecule has 6 heteroatoms. The van der Waals surface area contributed by atoms with E-state index in [1.54, 1.807) is 38.5 Å². The molecule has 0 aliphatic carbocycles. The van der Waals surface area contributed by atoms with Gasteiger partial charge >= 0.3 is 0 Å². The van der Waals surface area contributed by atoms with Crippen molar-refractivity contribution in [2.24, 2.45) is 0 Å². The highest BCUT2D eigenvalue weighted by Gasteiger charge is 2.14. The normalized spacial score (nSPS) is 10.4. The van der Waals surface area contributed by atoms with Crippen LogP contribution in [0.25, 0.3) is 54.2 Å². The zero-order chi connectivity index (χ0) is 25.4. The fraction of sp³-hybridized carbons (Fsp3) is 0.0667. The molecule has 0 heterocycles. The van der Waals surface area contributed by atoms with Crippen molar-refractivity contribution >= 4 is 54.2 Å². The molecule has 0 unspecified atom stereocenters. The highest BCUT2D eigenvalue weighted by Crippen LogP contribution is 2.35. The Morgan fingerprint density at radius 3 is 1.22 bits per heavy atom. The van der Waals surface area contributed by atoms with Gasteiger partial charge in [0, 0.05) is 10.4 Å². The van der Waals surface area contributed by atoms with Gasteiger partial charge in [0.15, 0.2) is 11.5 Å². The van der Waals surface area contributed by atoms with Crippen LogP contribution in [0.4, 0.5) is 0 Å². The van der Waals surface area contributed by atoms with Crippen molar-refractivity contribution in [2.45, 2.75) is 0 Å². The Labute approximate surface area is 205 Å². The quantitative estimate of drug-likeness (QED) is 0.350. The van der Waals surface area contributed by atoms with Gasteiger partial charge in [-0.3, -0.25) is 0 Å². The molecule has 0 aliphatic rings. The van der Waals surface area contributed by atoms with E-state index < -0.39 is 0 Å². The smallest absolute Gasteiger partial charge is 0.161 e. The Balaban J connectivity index is 2.13. The van der Waals surface area contributed by atoms with Crippen molar-refractivity contribution in [3.8, 4) is 35.8 Å². The third-order valence-corrected chi connectivity index (χ3v) is 6.39. The minimum absolute atomic E-state index is 0.0373. The third-order valence-electron chi connectivity index (χ3n) is 6.39. The van der Waals surface area contributed by atoms with Gasteiger partial charge in [0.1, 0.15) is 35.4 Å². The number of hydrogen-bond acceptors (Lipinski definition) is 6. The highest BCUT2D eigenvalue weighted by molar-refractivity contribution is 6.11. The van der Waals surface area contributed by atoms with Crippen molar-refractivity contribution in [2.75, 3.05) is 14.2 Å². The lowest BCUT2D eigenvalue weighted by Crippen LogP contribution is -2.18. The number of methoxy groups -OCH3 is 2. The van der Waals surface area contributed by atoms with Crippen molar-refractivity contribution < 1.29 is 9.47 Å². The first kappa shape index (κ1) is 22.2. The summed E-state index contributed by atoms with van der Waals surface area (Å²) in [5.41, 5.74) is -0.0745. The molecule has 0 spiro atoms. The maximum atomic E-state index is 9.79. The molecule has 0 bridgehead atoms. The van der Waals surface area contributed by atoms with Gasteiger partial charge in [0.2, 0.25) is 0 Å². The van der Waals surface area contributed by atoms with Crippen LogP contribution in [0.5, 0.6) is 11.5 Å². The summed E-state index contributed by atoms with van der Waals surface area (Å²) in [5, 5.41) is 46.2. The van der Waals surface area contributed by atoms with E-state index in [0.717, 1.165) is 21.5 Å². The van der Waals surface area contributed by atoms with Crippen molar-refractivity contribution in [3.05, 3.63) is 71.1 Å². The van der Waals surface area contributed by atoms with E-state index in [-0.39, 0.29) is 11.1 Å². The topological polar surface area (TPSA) is 114 Å². The summed E-state index contributed by atoms with van der Waals surface area (Å²) in [6, 6.07) is 26.9. The van der Waals surface area contributed by atoms with E-state index in [4.69, 9.17) is 9.47 Å². The number of hydrogen-bond donors (Lipinski definition) is 0. The Hall–Kier alpha value is -5.56. The molecule has 0 atom stereocenters. The molecule has 0 fully saturated rings. The third kappa shape index (κ3) is 3.23. The van der Waals surface area contributed by atoms with Crippen LogP contribution >= 0.6 is 0 Å². The molecule has 6 nitrogen and oxygen atoms in total. The molecule has 5 rings (SSSR count). The van der Waals surface area contributed by atoms with Crippen LogP contribution in [0.1, 0.15) is 0 Å². The summed E-state index contributed by atoms with van der Waals surface area (Å²) in [5.74, 6) is 1.21. The second kappa shape index (κ2) is 8.66. The summed E-state index contributed by atoms with van der Waals surface area (Å²) in [6.07, 6.45) is 0. The predicted octanol–water partition coefficient (Wildman–Crippen LogP) is 4.71. The van der Waals surface area contributed by atoms with Gasteiger partial charge < -0.3 is 9.47 Å². The predicted molar refractivity (Wildman–Crippen MR) is 138 cm³/mol. The molecule has 5 aromatic rings. The maximum Gasteiger partial charge on any atom is 0.161 e. The van der Waals surface area contributed by atoms with Crippen molar-refractivity contribution in [1.29, 1.82) is 21.0 Å².